The number of hydrogen-bond donors (Lipinski definition) is 2. The van der Waals surface area contributed by atoms with Crippen molar-refractivity contribution in [2.45, 2.75) is 30.0 Å². The van der Waals surface area contributed by atoms with Crippen LogP contribution in [0.25, 0.3) is 0 Å². The number of fused-ring (bicyclic) bond motifs is 2. The highest BCUT2D eigenvalue weighted by molar-refractivity contribution is 7.90. The highest BCUT2D eigenvalue weighted by Crippen LogP contribution is 2.35. The molecule has 2 aliphatic heterocycles. The van der Waals surface area contributed by atoms with E-state index in [2.05, 4.69) is 10.0 Å². The molecule has 4 rings (SSSR count). The van der Waals surface area contributed by atoms with Crippen molar-refractivity contribution in [1.82, 2.24) is 13.6 Å². The van der Waals surface area contributed by atoms with Crippen LogP contribution in [0.2, 0.25) is 0 Å². The van der Waals surface area contributed by atoms with Crippen LogP contribution < -0.4 is 14.8 Å². The number of aromatic nitrogens is 1. The molecule has 2 atom stereocenters. The largest absolute Gasteiger partial charge is 0.489 e. The van der Waals surface area contributed by atoms with Gasteiger partial charge >= 0.3 is 0 Å². The number of rotatable bonds is 4. The van der Waals surface area contributed by atoms with Gasteiger partial charge in [0.2, 0.25) is 20.0 Å². The van der Waals surface area contributed by atoms with Crippen LogP contribution in [0.1, 0.15) is 24.3 Å². The summed E-state index contributed by atoms with van der Waals surface area (Å²) in [6.07, 6.45) is 1.14. The number of amides is 1. The van der Waals surface area contributed by atoms with E-state index in [0.717, 1.165) is 6.20 Å². The average molecular weight is 537 g/mol. The molecule has 0 aliphatic carbocycles. The first-order valence-corrected chi connectivity index (χ1v) is 13.5. The van der Waals surface area contributed by atoms with Gasteiger partial charge in [0, 0.05) is 56.1 Å². The Morgan fingerprint density at radius 3 is 2.43 bits per heavy atom. The van der Waals surface area contributed by atoms with Gasteiger partial charge in [0.15, 0.2) is 28.9 Å². The number of aryl methyl sites for hydroxylation is 1. The minimum atomic E-state index is -4.24. The first-order chi connectivity index (χ1) is 16.2. The van der Waals surface area contributed by atoms with Gasteiger partial charge in [0.05, 0.1) is 11.9 Å². The lowest BCUT2D eigenvalue weighted by atomic mass is 10.1. The number of nitrogens with one attached hydrogen (secondary N) is 2. The molecule has 2 aliphatic rings. The molecule has 0 unspecified atom stereocenters. The van der Waals surface area contributed by atoms with Gasteiger partial charge in [0.1, 0.15) is 4.90 Å². The molecule has 192 valence electrons. The van der Waals surface area contributed by atoms with Crippen LogP contribution in [0.3, 0.4) is 0 Å². The third kappa shape index (κ3) is 4.52. The van der Waals surface area contributed by atoms with Crippen molar-refractivity contribution < 1.29 is 39.5 Å². The van der Waals surface area contributed by atoms with Gasteiger partial charge in [0.25, 0.3) is 5.91 Å². The Morgan fingerprint density at radius 1 is 1.20 bits per heavy atom. The summed E-state index contributed by atoms with van der Waals surface area (Å²) in [7, 11) is -6.50. The molecule has 1 aromatic heterocycles. The maximum atomic E-state index is 13.5. The van der Waals surface area contributed by atoms with Crippen molar-refractivity contribution >= 4 is 31.6 Å². The van der Waals surface area contributed by atoms with Crippen molar-refractivity contribution in [3.05, 3.63) is 41.5 Å². The van der Waals surface area contributed by atoms with Gasteiger partial charge in [-0.3, -0.25) is 4.79 Å². The summed E-state index contributed by atoms with van der Waals surface area (Å²) < 4.78 is 102. The van der Waals surface area contributed by atoms with Crippen LogP contribution in [0.4, 0.5) is 18.9 Å². The van der Waals surface area contributed by atoms with Gasteiger partial charge in [-0.25, -0.2) is 34.7 Å². The summed E-state index contributed by atoms with van der Waals surface area (Å²) in [4.78, 5) is 12.6. The fourth-order valence-corrected chi connectivity index (χ4v) is 6.93. The lowest BCUT2D eigenvalue weighted by molar-refractivity contribution is 0.101. The summed E-state index contributed by atoms with van der Waals surface area (Å²) in [6, 6.07) is 0.411. The van der Waals surface area contributed by atoms with Gasteiger partial charge in [-0.1, -0.05) is 0 Å². The fourth-order valence-electron chi connectivity index (χ4n) is 4.08. The number of nitrogens with zero attached hydrogens (tertiary/aromatic N) is 2. The van der Waals surface area contributed by atoms with E-state index in [4.69, 9.17) is 4.74 Å². The van der Waals surface area contributed by atoms with Gasteiger partial charge in [-0.05, 0) is 13.8 Å². The normalized spacial score (nSPS) is 22.1. The van der Waals surface area contributed by atoms with Crippen molar-refractivity contribution in [3.8, 4) is 5.75 Å². The van der Waals surface area contributed by atoms with E-state index in [9.17, 15) is 34.8 Å². The number of anilines is 1. The summed E-state index contributed by atoms with van der Waals surface area (Å²) in [6.45, 7) is 2.90. The molecule has 15 heteroatoms. The zero-order chi connectivity index (χ0) is 25.9. The number of hydrogen-bond acceptors (Lipinski definition) is 6. The second-order valence-corrected chi connectivity index (χ2v) is 12.9. The Kier molecular flexibility index (Phi) is 6.40. The molecule has 0 spiro atoms. The van der Waals surface area contributed by atoms with E-state index in [1.54, 1.807) is 0 Å². The van der Waals surface area contributed by atoms with Crippen molar-refractivity contribution in [3.63, 3.8) is 0 Å². The van der Waals surface area contributed by atoms with Gasteiger partial charge in [-0.2, -0.15) is 4.31 Å². The Bertz CT molecular complexity index is 1390. The Labute approximate surface area is 200 Å². The van der Waals surface area contributed by atoms with Crippen LogP contribution in [-0.2, 0) is 27.1 Å². The SMILES string of the molecule is CC(C)S(=O)(=O)N1C[C@@H]2COc3c(cn(C)c3C(=O)Nc3cc(F)c(F)c(F)c3)S(=O)(=O)N[C@@H]2C1. The van der Waals surface area contributed by atoms with E-state index in [1.165, 1.54) is 29.8 Å². The lowest BCUT2D eigenvalue weighted by Gasteiger charge is -2.23. The van der Waals surface area contributed by atoms with E-state index in [1.807, 2.05) is 0 Å². The summed E-state index contributed by atoms with van der Waals surface area (Å²) in [5, 5.41) is 1.51. The molecule has 1 fully saturated rings. The average Bonchev–Trinajstić information content (AvgIpc) is 3.30. The molecule has 0 bridgehead atoms. The van der Waals surface area contributed by atoms with Gasteiger partial charge < -0.3 is 14.6 Å². The number of halogens is 3. The smallest absolute Gasteiger partial charge is 0.276 e. The van der Waals surface area contributed by atoms with E-state index in [-0.39, 0.29) is 36.0 Å². The number of sulfonamides is 2. The molecule has 1 saturated heterocycles. The van der Waals surface area contributed by atoms with Crippen LogP contribution in [0.15, 0.2) is 23.2 Å². The van der Waals surface area contributed by atoms with Crippen molar-refractivity contribution in [2.75, 3.05) is 25.0 Å². The van der Waals surface area contributed by atoms with E-state index < -0.39 is 66.3 Å². The van der Waals surface area contributed by atoms with Crippen LogP contribution in [-0.4, -0.2) is 62.6 Å². The molecule has 35 heavy (non-hydrogen) atoms. The fraction of sp³-hybridized carbons (Fsp3) is 0.450. The lowest BCUT2D eigenvalue weighted by Crippen LogP contribution is -2.44. The molecule has 2 aromatic rings. The zero-order valence-electron chi connectivity index (χ0n) is 18.9. The van der Waals surface area contributed by atoms with Crippen LogP contribution in [0, 0.1) is 23.4 Å². The number of benzene rings is 1. The molecule has 10 nitrogen and oxygen atoms in total. The minimum absolute atomic E-state index is 0.0194. The Balaban J connectivity index is 1.66. The predicted molar refractivity (Wildman–Crippen MR) is 118 cm³/mol. The first kappa shape index (κ1) is 25.5. The molecule has 3 heterocycles. The molecule has 0 radical (unpaired) electrons. The third-order valence-corrected chi connectivity index (χ3v) is 9.65. The predicted octanol–water partition coefficient (Wildman–Crippen LogP) is 1.40. The number of ether oxygens (including phenoxy) is 1. The molecular formula is C20H23F3N4O6S2. The van der Waals surface area contributed by atoms with Crippen LogP contribution >= 0.6 is 0 Å². The molecule has 0 saturated carbocycles. The minimum Gasteiger partial charge on any atom is -0.489 e. The van der Waals surface area contributed by atoms with Gasteiger partial charge in [-0.15, -0.1) is 0 Å². The summed E-state index contributed by atoms with van der Waals surface area (Å²) >= 11 is 0. The zero-order valence-corrected chi connectivity index (χ0v) is 20.5. The highest BCUT2D eigenvalue weighted by Gasteiger charge is 2.44. The maximum Gasteiger partial charge on any atom is 0.276 e. The third-order valence-electron chi connectivity index (χ3n) is 5.96. The van der Waals surface area contributed by atoms with E-state index in [0.29, 0.717) is 12.1 Å². The second-order valence-electron chi connectivity index (χ2n) is 8.70. The first-order valence-electron chi connectivity index (χ1n) is 10.5. The van der Waals surface area contributed by atoms with E-state index >= 15 is 0 Å². The highest BCUT2D eigenvalue weighted by atomic mass is 32.2. The molecule has 2 N–H and O–H groups in total. The topological polar surface area (TPSA) is 127 Å². The second kappa shape index (κ2) is 8.80. The Morgan fingerprint density at radius 2 is 1.83 bits per heavy atom. The molecule has 1 amide bonds. The van der Waals surface area contributed by atoms with Crippen LogP contribution in [0.5, 0.6) is 5.75 Å². The summed E-state index contributed by atoms with van der Waals surface area (Å²) in [5.74, 6) is -6.53. The summed E-state index contributed by atoms with van der Waals surface area (Å²) in [5.41, 5.74) is -0.655. The Hall–Kier alpha value is -2.62. The van der Waals surface area contributed by atoms with Crippen molar-refractivity contribution in [2.24, 2.45) is 13.0 Å². The number of carbonyl (C=O) groups excluding carboxylic acids is 1. The molecular weight excluding hydrogens is 513 g/mol. The maximum absolute atomic E-state index is 13.5. The van der Waals surface area contributed by atoms with Crippen molar-refractivity contribution in [1.29, 1.82) is 0 Å². The quantitative estimate of drug-likeness (QED) is 0.569. The standard InChI is InChI=1S/C20H23F3N4O6S2/c1-10(2)35(31,32)27-6-11-9-33-19-16(34(29,30)25-15(11)7-27)8-26(3)18(19)20(28)24-12-4-13(21)17(23)14(22)5-12/h4-5,8,10-11,15,25H,6-7,9H2,1-3H3,(H,24,28)/t11-,15-/m1/s1. The monoisotopic (exact) mass is 536 g/mol. The number of carbonyl (C=O) groups is 1. The molecule has 1 aromatic carbocycles.